The molecule has 1 aromatic carbocycles. The third kappa shape index (κ3) is 5.72. The predicted molar refractivity (Wildman–Crippen MR) is 132 cm³/mol. The number of fused-ring (bicyclic) bond motifs is 1. The van der Waals surface area contributed by atoms with E-state index in [0.29, 0.717) is 30.1 Å². The van der Waals surface area contributed by atoms with E-state index in [9.17, 15) is 9.59 Å². The van der Waals surface area contributed by atoms with Gasteiger partial charge in [-0.15, -0.1) is 10.2 Å². The van der Waals surface area contributed by atoms with Crippen LogP contribution in [0.3, 0.4) is 0 Å². The highest BCUT2D eigenvalue weighted by molar-refractivity contribution is 7.98. The number of nitrogens with one attached hydrogen (secondary N) is 1. The van der Waals surface area contributed by atoms with Crippen LogP contribution >= 0.6 is 23.4 Å². The van der Waals surface area contributed by atoms with Crippen molar-refractivity contribution in [3.63, 3.8) is 0 Å². The monoisotopic (exact) mass is 489 g/mol. The molecule has 4 rings (SSSR count). The summed E-state index contributed by atoms with van der Waals surface area (Å²) >= 11 is 7.87. The molecule has 0 spiro atoms. The van der Waals surface area contributed by atoms with Crippen molar-refractivity contribution < 1.29 is 9.59 Å². The van der Waals surface area contributed by atoms with E-state index in [1.165, 1.54) is 6.42 Å². The van der Waals surface area contributed by atoms with Gasteiger partial charge < -0.3 is 14.8 Å². The highest BCUT2D eigenvalue weighted by Gasteiger charge is 2.33. The van der Waals surface area contributed by atoms with Gasteiger partial charge in [-0.1, -0.05) is 30.2 Å². The summed E-state index contributed by atoms with van der Waals surface area (Å²) in [7, 11) is 0. The lowest BCUT2D eigenvalue weighted by molar-refractivity contribution is -0.134. The van der Waals surface area contributed by atoms with Gasteiger partial charge in [0.05, 0.1) is 10.6 Å². The van der Waals surface area contributed by atoms with Crippen molar-refractivity contribution in [2.75, 3.05) is 25.1 Å². The smallest absolute Gasteiger partial charge is 0.253 e. The van der Waals surface area contributed by atoms with Gasteiger partial charge in [0.15, 0.2) is 0 Å². The molecule has 2 amide bonds. The SMILES string of the molecule is CSCCC(NC(=O)c1ccccc1Cl)C(=O)N1CCCC(c2nnc3n2CCCCC3)C1. The molecule has 3 heterocycles. The van der Waals surface area contributed by atoms with E-state index in [-0.39, 0.29) is 17.7 Å². The number of aryl methyl sites for hydroxylation is 1. The molecule has 2 atom stereocenters. The fourth-order valence-electron chi connectivity index (χ4n) is 4.79. The van der Waals surface area contributed by atoms with Crippen molar-refractivity contribution in [2.24, 2.45) is 0 Å². The van der Waals surface area contributed by atoms with E-state index in [4.69, 9.17) is 11.6 Å². The van der Waals surface area contributed by atoms with Crippen LogP contribution in [0.1, 0.15) is 66.4 Å². The van der Waals surface area contributed by atoms with Gasteiger partial charge in [0.2, 0.25) is 5.91 Å². The lowest BCUT2D eigenvalue weighted by Gasteiger charge is -2.35. The number of hydrogen-bond acceptors (Lipinski definition) is 5. The number of hydrogen-bond donors (Lipinski definition) is 1. The maximum atomic E-state index is 13.5. The number of thioether (sulfide) groups is 1. The minimum Gasteiger partial charge on any atom is -0.340 e. The molecule has 1 fully saturated rings. The fraction of sp³-hybridized carbons (Fsp3) is 0.583. The van der Waals surface area contributed by atoms with Gasteiger partial charge in [0.25, 0.3) is 5.91 Å². The molecule has 2 unspecified atom stereocenters. The molecule has 2 aliphatic heterocycles. The molecule has 178 valence electrons. The van der Waals surface area contributed by atoms with Crippen molar-refractivity contribution in [2.45, 2.75) is 63.5 Å². The van der Waals surface area contributed by atoms with Crippen LogP contribution in [-0.4, -0.2) is 62.6 Å². The third-order valence-corrected chi connectivity index (χ3v) is 7.54. The largest absolute Gasteiger partial charge is 0.340 e. The highest BCUT2D eigenvalue weighted by atomic mass is 35.5. The quantitative estimate of drug-likeness (QED) is 0.637. The first-order chi connectivity index (χ1) is 16.1. The first kappa shape index (κ1) is 24.1. The van der Waals surface area contributed by atoms with Crippen molar-refractivity contribution in [3.05, 3.63) is 46.5 Å². The second-order valence-electron chi connectivity index (χ2n) is 8.85. The summed E-state index contributed by atoms with van der Waals surface area (Å²) < 4.78 is 2.29. The van der Waals surface area contributed by atoms with Gasteiger partial charge in [0, 0.05) is 32.0 Å². The number of nitrogens with zero attached hydrogens (tertiary/aromatic N) is 4. The summed E-state index contributed by atoms with van der Waals surface area (Å²) in [5.41, 5.74) is 0.392. The number of amides is 2. The molecule has 0 saturated carbocycles. The minimum absolute atomic E-state index is 0.0234. The molecular formula is C24H32ClN5O2S. The van der Waals surface area contributed by atoms with E-state index >= 15 is 0 Å². The first-order valence-corrected chi connectivity index (χ1v) is 13.6. The van der Waals surface area contributed by atoms with Gasteiger partial charge in [-0.25, -0.2) is 0 Å². The van der Waals surface area contributed by atoms with E-state index in [0.717, 1.165) is 56.1 Å². The van der Waals surface area contributed by atoms with Crippen LogP contribution < -0.4 is 5.32 Å². The van der Waals surface area contributed by atoms with E-state index < -0.39 is 6.04 Å². The zero-order chi connectivity index (χ0) is 23.2. The number of aromatic nitrogens is 3. The zero-order valence-electron chi connectivity index (χ0n) is 19.1. The van der Waals surface area contributed by atoms with Gasteiger partial charge in [-0.2, -0.15) is 11.8 Å². The number of carbonyl (C=O) groups excluding carboxylic acids is 2. The highest BCUT2D eigenvalue weighted by Crippen LogP contribution is 2.28. The number of piperidine rings is 1. The maximum absolute atomic E-state index is 13.5. The minimum atomic E-state index is -0.574. The molecule has 2 aliphatic rings. The molecule has 2 aromatic rings. The number of carbonyl (C=O) groups is 2. The molecule has 1 saturated heterocycles. The predicted octanol–water partition coefficient (Wildman–Crippen LogP) is 3.92. The van der Waals surface area contributed by atoms with Crippen LogP contribution in [0.4, 0.5) is 0 Å². The van der Waals surface area contributed by atoms with Crippen molar-refractivity contribution >= 4 is 35.2 Å². The molecule has 0 bridgehead atoms. The Morgan fingerprint density at radius 3 is 2.85 bits per heavy atom. The van der Waals surface area contributed by atoms with E-state index in [2.05, 4.69) is 20.1 Å². The molecule has 9 heteroatoms. The normalized spacial score (nSPS) is 19.5. The Morgan fingerprint density at radius 2 is 2.03 bits per heavy atom. The number of rotatable bonds is 7. The van der Waals surface area contributed by atoms with Gasteiger partial charge >= 0.3 is 0 Å². The Balaban J connectivity index is 1.47. The lowest BCUT2D eigenvalue weighted by atomic mass is 9.96. The summed E-state index contributed by atoms with van der Waals surface area (Å²) in [6.45, 7) is 2.29. The molecule has 1 aromatic heterocycles. The standard InChI is InChI=1S/C24H32ClN5O2S/c1-33-15-12-20(26-23(31)18-9-4-5-10-19(18)25)24(32)29-13-7-8-17(16-29)22-28-27-21-11-3-2-6-14-30(21)22/h4-5,9-10,17,20H,2-3,6-8,11-16H2,1H3,(H,26,31). The second kappa shape index (κ2) is 11.4. The Bertz CT molecular complexity index is 982. The number of benzene rings is 1. The second-order valence-corrected chi connectivity index (χ2v) is 10.2. The lowest BCUT2D eigenvalue weighted by Crippen LogP contribution is -2.51. The third-order valence-electron chi connectivity index (χ3n) is 6.57. The van der Waals surface area contributed by atoms with Crippen LogP contribution in [0, 0.1) is 0 Å². The van der Waals surface area contributed by atoms with Gasteiger partial charge in [-0.3, -0.25) is 9.59 Å². The molecular weight excluding hydrogens is 458 g/mol. The number of likely N-dealkylation sites (tertiary alicyclic amines) is 1. The van der Waals surface area contributed by atoms with Crippen LogP contribution in [0.15, 0.2) is 24.3 Å². The average molecular weight is 490 g/mol. The topological polar surface area (TPSA) is 80.1 Å². The van der Waals surface area contributed by atoms with Gasteiger partial charge in [-0.05, 0) is 56.2 Å². The molecule has 33 heavy (non-hydrogen) atoms. The summed E-state index contributed by atoms with van der Waals surface area (Å²) in [5.74, 6) is 2.73. The van der Waals surface area contributed by atoms with Crippen LogP contribution in [-0.2, 0) is 17.8 Å². The zero-order valence-corrected chi connectivity index (χ0v) is 20.7. The Morgan fingerprint density at radius 1 is 1.18 bits per heavy atom. The summed E-state index contributed by atoms with van der Waals surface area (Å²) in [4.78, 5) is 28.3. The fourth-order valence-corrected chi connectivity index (χ4v) is 5.49. The van der Waals surface area contributed by atoms with Crippen molar-refractivity contribution in [1.29, 1.82) is 0 Å². The Kier molecular flexibility index (Phi) is 8.30. The summed E-state index contributed by atoms with van der Waals surface area (Å²) in [6, 6.07) is 6.36. The van der Waals surface area contributed by atoms with Crippen LogP contribution in [0.25, 0.3) is 0 Å². The Hall–Kier alpha value is -2.06. The van der Waals surface area contributed by atoms with Crippen molar-refractivity contribution in [1.82, 2.24) is 25.0 Å². The number of halogens is 1. The first-order valence-electron chi connectivity index (χ1n) is 11.8. The summed E-state index contributed by atoms with van der Waals surface area (Å²) in [6.07, 6.45) is 9.03. The molecule has 0 aliphatic carbocycles. The van der Waals surface area contributed by atoms with Gasteiger partial charge in [0.1, 0.15) is 17.7 Å². The van der Waals surface area contributed by atoms with Crippen molar-refractivity contribution in [3.8, 4) is 0 Å². The molecule has 0 radical (unpaired) electrons. The van der Waals surface area contributed by atoms with E-state index in [1.807, 2.05) is 11.2 Å². The Labute approximate surface area is 204 Å². The maximum Gasteiger partial charge on any atom is 0.253 e. The molecule has 1 N–H and O–H groups in total. The average Bonchev–Trinajstić information content (AvgIpc) is 3.09. The molecule has 7 nitrogen and oxygen atoms in total. The van der Waals surface area contributed by atoms with E-state index in [1.54, 1.807) is 36.0 Å². The summed E-state index contributed by atoms with van der Waals surface area (Å²) in [5, 5.41) is 12.3. The van der Waals surface area contributed by atoms with Crippen LogP contribution in [0.2, 0.25) is 5.02 Å². The van der Waals surface area contributed by atoms with Crippen LogP contribution in [0.5, 0.6) is 0 Å².